The fourth-order valence-corrected chi connectivity index (χ4v) is 2.84. The number of hydrogen-bond acceptors (Lipinski definition) is 3. The summed E-state index contributed by atoms with van der Waals surface area (Å²) >= 11 is 0. The van der Waals surface area contributed by atoms with Crippen LogP contribution in [0.5, 0.6) is 0 Å². The fraction of sp³-hybridized carbons (Fsp3) is 0.438. The summed E-state index contributed by atoms with van der Waals surface area (Å²) in [6.45, 7) is 0.638. The first-order chi connectivity index (χ1) is 9.25. The summed E-state index contributed by atoms with van der Waals surface area (Å²) < 4.78 is 0. The van der Waals surface area contributed by atoms with E-state index in [1.807, 2.05) is 18.2 Å². The minimum absolute atomic E-state index is 0.526. The maximum Gasteiger partial charge on any atom is 0.0819 e. The molecule has 1 aliphatic carbocycles. The molecule has 0 spiro atoms. The van der Waals surface area contributed by atoms with Gasteiger partial charge in [0.05, 0.1) is 11.1 Å². The molecule has 0 atom stereocenters. The van der Waals surface area contributed by atoms with E-state index in [-0.39, 0.29) is 0 Å². The van der Waals surface area contributed by atoms with Gasteiger partial charge in [-0.3, -0.25) is 4.98 Å². The van der Waals surface area contributed by atoms with Crippen molar-refractivity contribution < 1.29 is 5.11 Å². The first-order valence-corrected chi connectivity index (χ1v) is 7.06. The van der Waals surface area contributed by atoms with Gasteiger partial charge >= 0.3 is 0 Å². The molecule has 3 rings (SSSR count). The Balaban J connectivity index is 1.71. The van der Waals surface area contributed by atoms with E-state index in [1.54, 1.807) is 6.20 Å². The minimum Gasteiger partial charge on any atom is -0.388 e. The van der Waals surface area contributed by atoms with E-state index < -0.39 is 5.60 Å². The van der Waals surface area contributed by atoms with E-state index in [0.717, 1.165) is 42.3 Å². The van der Waals surface area contributed by atoms with Crippen LogP contribution in [0.2, 0.25) is 0 Å². The molecule has 0 saturated heterocycles. The van der Waals surface area contributed by atoms with Crippen LogP contribution in [0.1, 0.15) is 32.1 Å². The molecule has 2 aromatic rings. The van der Waals surface area contributed by atoms with Crippen LogP contribution in [0.25, 0.3) is 10.9 Å². The van der Waals surface area contributed by atoms with Crippen molar-refractivity contribution in [1.82, 2.24) is 4.98 Å². The first kappa shape index (κ1) is 12.4. The molecule has 1 aromatic carbocycles. The number of nitrogens with zero attached hydrogens (tertiary/aromatic N) is 1. The average Bonchev–Trinajstić information content (AvgIpc) is 2.46. The normalized spacial score (nSPS) is 18.4. The van der Waals surface area contributed by atoms with Crippen LogP contribution in [-0.4, -0.2) is 22.2 Å². The highest BCUT2D eigenvalue weighted by Gasteiger charge is 2.28. The first-order valence-electron chi connectivity index (χ1n) is 7.06. The number of aromatic nitrogens is 1. The third-order valence-corrected chi connectivity index (χ3v) is 4.01. The van der Waals surface area contributed by atoms with Gasteiger partial charge in [0.25, 0.3) is 0 Å². The number of nitrogens with one attached hydrogen (secondary N) is 1. The van der Waals surface area contributed by atoms with Gasteiger partial charge in [-0.15, -0.1) is 0 Å². The topological polar surface area (TPSA) is 45.1 Å². The Morgan fingerprint density at radius 3 is 2.84 bits per heavy atom. The van der Waals surface area contributed by atoms with Crippen molar-refractivity contribution in [2.45, 2.75) is 37.7 Å². The second-order valence-corrected chi connectivity index (χ2v) is 5.55. The Morgan fingerprint density at radius 1 is 1.16 bits per heavy atom. The molecule has 0 radical (unpaired) electrons. The van der Waals surface area contributed by atoms with Gasteiger partial charge < -0.3 is 10.4 Å². The molecule has 1 aromatic heterocycles. The van der Waals surface area contributed by atoms with Crippen molar-refractivity contribution in [3.05, 3.63) is 36.5 Å². The molecule has 1 fully saturated rings. The Labute approximate surface area is 113 Å². The highest BCUT2D eigenvalue weighted by atomic mass is 16.3. The van der Waals surface area contributed by atoms with Crippen molar-refractivity contribution in [3.63, 3.8) is 0 Å². The monoisotopic (exact) mass is 256 g/mol. The molecular formula is C16H20N2O. The van der Waals surface area contributed by atoms with Crippen LogP contribution in [0.3, 0.4) is 0 Å². The van der Waals surface area contributed by atoms with Gasteiger partial charge in [0.1, 0.15) is 0 Å². The summed E-state index contributed by atoms with van der Waals surface area (Å²) in [6, 6.07) is 10.1. The van der Waals surface area contributed by atoms with E-state index in [4.69, 9.17) is 0 Å². The third-order valence-electron chi connectivity index (χ3n) is 4.01. The number of fused-ring (bicyclic) bond motifs is 1. The molecule has 1 saturated carbocycles. The molecule has 0 aliphatic heterocycles. The summed E-state index contributed by atoms with van der Waals surface area (Å²) in [4.78, 5) is 4.31. The summed E-state index contributed by atoms with van der Waals surface area (Å²) in [6.07, 6.45) is 7.16. The summed E-state index contributed by atoms with van der Waals surface area (Å²) in [5, 5.41) is 15.0. The standard InChI is InChI=1S/C16H20N2O/c19-16(8-2-1-3-9-16)12-18-14-6-7-15-13(11-14)5-4-10-17-15/h4-7,10-11,18-19H,1-3,8-9,12H2. The van der Waals surface area contributed by atoms with E-state index >= 15 is 0 Å². The second-order valence-electron chi connectivity index (χ2n) is 5.55. The lowest BCUT2D eigenvalue weighted by Gasteiger charge is -2.32. The van der Waals surface area contributed by atoms with Crippen LogP contribution >= 0.6 is 0 Å². The maximum atomic E-state index is 10.5. The van der Waals surface area contributed by atoms with Crippen LogP contribution in [0, 0.1) is 0 Å². The van der Waals surface area contributed by atoms with Crippen LogP contribution in [0.4, 0.5) is 5.69 Å². The lowest BCUT2D eigenvalue weighted by molar-refractivity contribution is 0.0167. The summed E-state index contributed by atoms with van der Waals surface area (Å²) in [7, 11) is 0. The van der Waals surface area contributed by atoms with Gasteiger partial charge in [-0.25, -0.2) is 0 Å². The molecule has 0 bridgehead atoms. The summed E-state index contributed by atoms with van der Waals surface area (Å²) in [5.41, 5.74) is 1.53. The third kappa shape index (κ3) is 2.87. The maximum absolute atomic E-state index is 10.5. The Kier molecular flexibility index (Phi) is 3.38. The van der Waals surface area contributed by atoms with E-state index in [0.29, 0.717) is 6.54 Å². The molecule has 19 heavy (non-hydrogen) atoms. The van der Waals surface area contributed by atoms with E-state index in [2.05, 4.69) is 22.4 Å². The predicted octanol–water partition coefficient (Wildman–Crippen LogP) is 3.34. The van der Waals surface area contributed by atoms with Gasteiger partial charge in [-0.1, -0.05) is 25.3 Å². The van der Waals surface area contributed by atoms with Gasteiger partial charge in [0, 0.05) is 23.8 Å². The van der Waals surface area contributed by atoms with Gasteiger partial charge in [-0.05, 0) is 37.1 Å². The lowest BCUT2D eigenvalue weighted by atomic mass is 9.85. The molecule has 1 heterocycles. The zero-order valence-electron chi connectivity index (χ0n) is 11.1. The van der Waals surface area contributed by atoms with Gasteiger partial charge in [-0.2, -0.15) is 0 Å². The average molecular weight is 256 g/mol. The van der Waals surface area contributed by atoms with E-state index in [1.165, 1.54) is 6.42 Å². The SMILES string of the molecule is OC1(CNc2ccc3ncccc3c2)CCCCC1. The smallest absolute Gasteiger partial charge is 0.0819 e. The molecule has 2 N–H and O–H groups in total. The zero-order valence-corrected chi connectivity index (χ0v) is 11.1. The fourth-order valence-electron chi connectivity index (χ4n) is 2.84. The molecule has 0 unspecified atom stereocenters. The number of benzene rings is 1. The lowest BCUT2D eigenvalue weighted by Crippen LogP contribution is -2.38. The van der Waals surface area contributed by atoms with Crippen molar-refractivity contribution in [3.8, 4) is 0 Å². The van der Waals surface area contributed by atoms with Gasteiger partial charge in [0.15, 0.2) is 0 Å². The van der Waals surface area contributed by atoms with Crippen molar-refractivity contribution in [1.29, 1.82) is 0 Å². The quantitative estimate of drug-likeness (QED) is 0.885. The minimum atomic E-state index is -0.526. The number of hydrogen-bond donors (Lipinski definition) is 2. The Hall–Kier alpha value is -1.61. The molecule has 0 amide bonds. The highest BCUT2D eigenvalue weighted by Crippen LogP contribution is 2.28. The molecule has 3 heteroatoms. The predicted molar refractivity (Wildman–Crippen MR) is 78.3 cm³/mol. The number of aliphatic hydroxyl groups is 1. The number of pyridine rings is 1. The van der Waals surface area contributed by atoms with Crippen molar-refractivity contribution in [2.24, 2.45) is 0 Å². The van der Waals surface area contributed by atoms with Crippen molar-refractivity contribution in [2.75, 3.05) is 11.9 Å². The van der Waals surface area contributed by atoms with Crippen LogP contribution < -0.4 is 5.32 Å². The van der Waals surface area contributed by atoms with Gasteiger partial charge in [0.2, 0.25) is 0 Å². The molecule has 100 valence electrons. The Morgan fingerprint density at radius 2 is 2.00 bits per heavy atom. The largest absolute Gasteiger partial charge is 0.388 e. The van der Waals surface area contributed by atoms with Crippen LogP contribution in [-0.2, 0) is 0 Å². The van der Waals surface area contributed by atoms with Crippen LogP contribution in [0.15, 0.2) is 36.5 Å². The number of rotatable bonds is 3. The molecule has 3 nitrogen and oxygen atoms in total. The summed E-state index contributed by atoms with van der Waals surface area (Å²) in [5.74, 6) is 0. The highest BCUT2D eigenvalue weighted by molar-refractivity contribution is 5.82. The Bertz CT molecular complexity index is 561. The number of anilines is 1. The zero-order chi connectivity index (χ0) is 13.1. The molecule has 1 aliphatic rings. The van der Waals surface area contributed by atoms with E-state index in [9.17, 15) is 5.11 Å². The molecular weight excluding hydrogens is 236 g/mol. The van der Waals surface area contributed by atoms with Crippen molar-refractivity contribution >= 4 is 16.6 Å². The second kappa shape index (κ2) is 5.17.